The summed E-state index contributed by atoms with van der Waals surface area (Å²) in [6.07, 6.45) is 2.55. The van der Waals surface area contributed by atoms with Crippen molar-refractivity contribution in [2.45, 2.75) is 56.2 Å². The summed E-state index contributed by atoms with van der Waals surface area (Å²) in [4.78, 5) is 54.7. The van der Waals surface area contributed by atoms with E-state index >= 15 is 0 Å². The molecule has 0 spiro atoms. The lowest BCUT2D eigenvalue weighted by atomic mass is 10.1. The van der Waals surface area contributed by atoms with Crippen LogP contribution in [0.5, 0.6) is 0 Å². The first-order valence-corrected chi connectivity index (χ1v) is 11.6. The number of nitrogen functional groups attached to an aromatic ring is 1. The van der Waals surface area contributed by atoms with Crippen molar-refractivity contribution in [3.8, 4) is 0 Å². The van der Waals surface area contributed by atoms with E-state index in [9.17, 15) is 19.2 Å². The van der Waals surface area contributed by atoms with Crippen LogP contribution >= 0.6 is 11.8 Å². The molecule has 9 nitrogen and oxygen atoms in total. The lowest BCUT2D eigenvalue weighted by Crippen LogP contribution is -2.43. The van der Waals surface area contributed by atoms with Crippen molar-refractivity contribution in [1.82, 2.24) is 9.55 Å². The number of esters is 1. The number of unbranched alkanes of at least 4 members (excludes halogenated alkanes) is 1. The molecule has 10 heteroatoms. The number of H-pyrrole nitrogens is 1. The molecule has 0 saturated heterocycles. The van der Waals surface area contributed by atoms with Gasteiger partial charge in [-0.15, -0.1) is 11.8 Å². The summed E-state index contributed by atoms with van der Waals surface area (Å²) in [7, 11) is 0. The first-order chi connectivity index (χ1) is 15.4. The number of nitrogens with two attached hydrogens (primary N) is 1. The van der Waals surface area contributed by atoms with Gasteiger partial charge in [0.2, 0.25) is 0 Å². The zero-order valence-corrected chi connectivity index (χ0v) is 19.1. The van der Waals surface area contributed by atoms with Gasteiger partial charge in [0, 0.05) is 18.0 Å². The average Bonchev–Trinajstić information content (AvgIpc) is 3.21. The van der Waals surface area contributed by atoms with Gasteiger partial charge < -0.3 is 15.4 Å². The third kappa shape index (κ3) is 5.07. The van der Waals surface area contributed by atoms with Crippen molar-refractivity contribution in [3.05, 3.63) is 50.7 Å². The standard InChI is InChI=1S/C22H28N4O5S/c1-3-5-11-25(18-19(23)26(10-4-2)22(30)24-20(18)28)17(27)13-31-21(29)16-12-14-8-6-7-9-15(14)32-16/h6-9,16H,3-5,10-13,23H2,1-2H3,(H,24,28,30). The van der Waals surface area contributed by atoms with Crippen LogP contribution < -0.4 is 21.9 Å². The Morgan fingerprint density at radius 3 is 2.69 bits per heavy atom. The molecule has 1 aliphatic rings. The van der Waals surface area contributed by atoms with Gasteiger partial charge in [-0.25, -0.2) is 4.79 Å². The molecule has 1 aliphatic heterocycles. The molecule has 1 amide bonds. The van der Waals surface area contributed by atoms with Crippen molar-refractivity contribution in [3.63, 3.8) is 0 Å². The molecule has 1 atom stereocenters. The Morgan fingerprint density at radius 1 is 1.25 bits per heavy atom. The highest BCUT2D eigenvalue weighted by Gasteiger charge is 2.31. The molecular formula is C22H28N4O5S. The number of hydrogen-bond donors (Lipinski definition) is 2. The van der Waals surface area contributed by atoms with Gasteiger partial charge in [0.1, 0.15) is 11.1 Å². The number of anilines is 2. The van der Waals surface area contributed by atoms with Crippen molar-refractivity contribution >= 4 is 35.1 Å². The fourth-order valence-corrected chi connectivity index (χ4v) is 4.77. The van der Waals surface area contributed by atoms with Crippen LogP contribution in [0.1, 0.15) is 38.7 Å². The number of thioether (sulfide) groups is 1. The normalized spacial score (nSPS) is 14.8. The highest BCUT2D eigenvalue weighted by Crippen LogP contribution is 2.37. The second kappa shape index (κ2) is 10.5. The van der Waals surface area contributed by atoms with Crippen LogP contribution in [0.25, 0.3) is 0 Å². The zero-order valence-electron chi connectivity index (χ0n) is 18.3. The quantitative estimate of drug-likeness (QED) is 0.547. The Balaban J connectivity index is 1.76. The van der Waals surface area contributed by atoms with Crippen LogP contribution in [0.15, 0.2) is 38.8 Å². The van der Waals surface area contributed by atoms with E-state index in [1.165, 1.54) is 21.2 Å². The number of nitrogens with one attached hydrogen (secondary N) is 1. The van der Waals surface area contributed by atoms with Crippen LogP contribution in [0.2, 0.25) is 0 Å². The lowest BCUT2D eigenvalue weighted by Gasteiger charge is -2.24. The summed E-state index contributed by atoms with van der Waals surface area (Å²) in [6.45, 7) is 3.83. The summed E-state index contributed by atoms with van der Waals surface area (Å²) in [5.74, 6) is -1.11. The highest BCUT2D eigenvalue weighted by molar-refractivity contribution is 8.01. The van der Waals surface area contributed by atoms with E-state index in [1.807, 2.05) is 38.1 Å². The van der Waals surface area contributed by atoms with Gasteiger partial charge in [-0.3, -0.25) is 23.9 Å². The summed E-state index contributed by atoms with van der Waals surface area (Å²) in [5.41, 5.74) is 5.75. The number of aromatic nitrogens is 2. The smallest absolute Gasteiger partial charge is 0.330 e. The summed E-state index contributed by atoms with van der Waals surface area (Å²) < 4.78 is 6.55. The van der Waals surface area contributed by atoms with Gasteiger partial charge in [-0.1, -0.05) is 38.5 Å². The van der Waals surface area contributed by atoms with Crippen LogP contribution in [0.3, 0.4) is 0 Å². The van der Waals surface area contributed by atoms with Crippen LogP contribution in [0.4, 0.5) is 11.5 Å². The van der Waals surface area contributed by atoms with E-state index in [2.05, 4.69) is 4.98 Å². The van der Waals surface area contributed by atoms with Gasteiger partial charge >= 0.3 is 11.7 Å². The van der Waals surface area contributed by atoms with E-state index in [-0.39, 0.29) is 18.1 Å². The highest BCUT2D eigenvalue weighted by atomic mass is 32.2. The number of carbonyl (C=O) groups is 2. The van der Waals surface area contributed by atoms with Crippen LogP contribution in [-0.4, -0.2) is 39.8 Å². The molecule has 1 aromatic carbocycles. The van der Waals surface area contributed by atoms with Crippen molar-refractivity contribution in [1.29, 1.82) is 0 Å². The number of benzene rings is 1. The fraction of sp³-hybridized carbons (Fsp3) is 0.455. The average molecular weight is 461 g/mol. The number of fused-ring (bicyclic) bond motifs is 1. The monoisotopic (exact) mass is 460 g/mol. The van der Waals surface area contributed by atoms with Crippen LogP contribution in [-0.2, 0) is 27.3 Å². The number of ether oxygens (including phenoxy) is 1. The lowest BCUT2D eigenvalue weighted by molar-refractivity contribution is -0.147. The number of rotatable bonds is 9. The van der Waals surface area contributed by atoms with Crippen LogP contribution in [0, 0.1) is 0 Å². The van der Waals surface area contributed by atoms with Gasteiger partial charge in [0.15, 0.2) is 12.3 Å². The Labute approximate surface area is 189 Å². The number of amides is 1. The van der Waals surface area contributed by atoms with Gasteiger partial charge in [0.25, 0.3) is 11.5 Å². The summed E-state index contributed by atoms with van der Waals surface area (Å²) in [6, 6.07) is 7.75. The maximum atomic E-state index is 13.0. The summed E-state index contributed by atoms with van der Waals surface area (Å²) in [5, 5.41) is -0.413. The molecule has 0 aliphatic carbocycles. The molecule has 1 aromatic heterocycles. The van der Waals surface area contributed by atoms with E-state index in [0.29, 0.717) is 25.8 Å². The van der Waals surface area contributed by atoms with Gasteiger partial charge in [0.05, 0.1) is 0 Å². The van der Waals surface area contributed by atoms with E-state index < -0.39 is 35.0 Å². The number of hydrogen-bond acceptors (Lipinski definition) is 7. The maximum Gasteiger partial charge on any atom is 0.330 e. The molecule has 1 unspecified atom stereocenters. The third-order valence-electron chi connectivity index (χ3n) is 5.22. The Hall–Kier alpha value is -3.01. The second-order valence-electron chi connectivity index (χ2n) is 7.57. The molecular weight excluding hydrogens is 432 g/mol. The zero-order chi connectivity index (χ0) is 23.3. The molecule has 3 rings (SSSR count). The van der Waals surface area contributed by atoms with Crippen molar-refractivity contribution < 1.29 is 14.3 Å². The van der Waals surface area contributed by atoms with Gasteiger partial charge in [-0.05, 0) is 30.9 Å². The molecule has 3 N–H and O–H groups in total. The SMILES string of the molecule is CCCCN(C(=O)COC(=O)C1Cc2ccccc2S1)c1c(N)n(CCC)c(=O)[nH]c1=O. The molecule has 2 aromatic rings. The Kier molecular flexibility index (Phi) is 7.79. The second-order valence-corrected chi connectivity index (χ2v) is 8.81. The number of aromatic amines is 1. The topological polar surface area (TPSA) is 127 Å². The summed E-state index contributed by atoms with van der Waals surface area (Å²) >= 11 is 1.42. The molecule has 0 saturated carbocycles. The Morgan fingerprint density at radius 2 is 2.00 bits per heavy atom. The van der Waals surface area contributed by atoms with Crippen molar-refractivity contribution in [2.24, 2.45) is 0 Å². The minimum atomic E-state index is -0.738. The van der Waals surface area contributed by atoms with E-state index in [4.69, 9.17) is 10.5 Å². The number of carbonyl (C=O) groups excluding carboxylic acids is 2. The molecule has 32 heavy (non-hydrogen) atoms. The molecule has 172 valence electrons. The number of nitrogens with zero attached hydrogens (tertiary/aromatic N) is 2. The molecule has 0 fully saturated rings. The molecule has 2 heterocycles. The predicted molar refractivity (Wildman–Crippen MR) is 124 cm³/mol. The largest absolute Gasteiger partial charge is 0.455 e. The molecule has 0 radical (unpaired) electrons. The molecule has 0 bridgehead atoms. The minimum absolute atomic E-state index is 0.0711. The first kappa shape index (κ1) is 23.6. The Bertz CT molecular complexity index is 1090. The predicted octanol–water partition coefficient (Wildman–Crippen LogP) is 1.92. The van der Waals surface area contributed by atoms with E-state index in [1.54, 1.807) is 0 Å². The van der Waals surface area contributed by atoms with Crippen molar-refractivity contribution in [2.75, 3.05) is 23.8 Å². The van der Waals surface area contributed by atoms with E-state index in [0.717, 1.165) is 16.9 Å². The third-order valence-corrected chi connectivity index (χ3v) is 6.51. The minimum Gasteiger partial charge on any atom is -0.455 e. The maximum absolute atomic E-state index is 13.0. The first-order valence-electron chi connectivity index (χ1n) is 10.7. The van der Waals surface area contributed by atoms with Gasteiger partial charge in [-0.2, -0.15) is 0 Å². The fourth-order valence-electron chi connectivity index (χ4n) is 3.58.